The van der Waals surface area contributed by atoms with E-state index in [1.165, 1.54) is 12.1 Å². The van der Waals surface area contributed by atoms with Crippen molar-refractivity contribution >= 4 is 23.5 Å². The topological polar surface area (TPSA) is 92.3 Å². The van der Waals surface area contributed by atoms with E-state index < -0.39 is 0 Å². The van der Waals surface area contributed by atoms with Crippen LogP contribution in [0.1, 0.15) is 16.2 Å². The number of rotatable bonds is 6. The first-order valence-electron chi connectivity index (χ1n) is 9.49. The number of aromatic nitrogens is 3. The number of nitrogens with zero attached hydrogens (tertiary/aromatic N) is 4. The van der Waals surface area contributed by atoms with Crippen LogP contribution in [0.2, 0.25) is 0 Å². The van der Waals surface area contributed by atoms with Crippen molar-refractivity contribution in [1.29, 1.82) is 0 Å². The molecule has 3 aromatic rings. The molecule has 154 valence electrons. The lowest BCUT2D eigenvalue weighted by molar-refractivity contribution is 0.0963. The zero-order valence-electron chi connectivity index (χ0n) is 16.6. The zero-order valence-corrected chi connectivity index (χ0v) is 16.6. The molecule has 2 N–H and O–H groups in total. The van der Waals surface area contributed by atoms with Gasteiger partial charge in [0.25, 0.3) is 5.91 Å². The van der Waals surface area contributed by atoms with Gasteiger partial charge in [-0.3, -0.25) is 4.79 Å². The van der Waals surface area contributed by atoms with Gasteiger partial charge in [0.1, 0.15) is 23.5 Å². The minimum atomic E-state index is -0.292. The van der Waals surface area contributed by atoms with E-state index in [4.69, 9.17) is 4.74 Å². The van der Waals surface area contributed by atoms with Crippen LogP contribution in [0.3, 0.4) is 0 Å². The largest absolute Gasteiger partial charge is 0.487 e. The van der Waals surface area contributed by atoms with Crippen LogP contribution in [0, 0.1) is 12.7 Å². The number of anilines is 3. The Morgan fingerprint density at radius 3 is 2.63 bits per heavy atom. The molecule has 1 aromatic heterocycles. The molecule has 0 unspecified atom stereocenters. The Labute approximate surface area is 173 Å². The molecule has 9 heteroatoms. The smallest absolute Gasteiger partial charge is 0.251 e. The normalized spacial score (nSPS) is 13.5. The summed E-state index contributed by atoms with van der Waals surface area (Å²) in [6.07, 6.45) is -0.0202. The third-order valence-corrected chi connectivity index (χ3v) is 4.59. The van der Waals surface area contributed by atoms with Gasteiger partial charge in [-0.15, -0.1) is 0 Å². The Morgan fingerprint density at radius 2 is 1.90 bits per heavy atom. The fourth-order valence-corrected chi connectivity index (χ4v) is 3.06. The summed E-state index contributed by atoms with van der Waals surface area (Å²) in [5.74, 6) is 1.69. The van der Waals surface area contributed by atoms with Gasteiger partial charge in [-0.1, -0.05) is 6.07 Å². The molecule has 0 bridgehead atoms. The molecule has 1 fully saturated rings. The molecule has 2 aromatic carbocycles. The van der Waals surface area contributed by atoms with E-state index in [9.17, 15) is 9.18 Å². The molecule has 0 radical (unpaired) electrons. The standard InChI is InChI=1S/C21H21FN6O2/c1-13-24-20(26-16-5-3-4-14(10-16)19(29)23-2)27-21(25-13)28-11-18(12-28)30-17-8-6-15(22)7-9-17/h3-10,18H,11-12H2,1-2H3,(H,23,29)(H,24,25,26,27). The van der Waals surface area contributed by atoms with Gasteiger partial charge in [0, 0.05) is 18.3 Å². The van der Waals surface area contributed by atoms with Crippen LogP contribution in [-0.4, -0.2) is 47.1 Å². The fourth-order valence-electron chi connectivity index (χ4n) is 3.06. The van der Waals surface area contributed by atoms with Crippen LogP contribution in [0.4, 0.5) is 22.0 Å². The van der Waals surface area contributed by atoms with Crippen LogP contribution in [0.25, 0.3) is 0 Å². The number of nitrogens with one attached hydrogen (secondary N) is 2. The second-order valence-corrected chi connectivity index (χ2v) is 6.89. The van der Waals surface area contributed by atoms with Crippen molar-refractivity contribution < 1.29 is 13.9 Å². The number of carbonyl (C=O) groups excluding carboxylic acids is 1. The Kier molecular flexibility index (Phi) is 5.42. The van der Waals surface area contributed by atoms with Crippen LogP contribution in [0.5, 0.6) is 5.75 Å². The van der Waals surface area contributed by atoms with Gasteiger partial charge in [0.2, 0.25) is 11.9 Å². The third-order valence-electron chi connectivity index (χ3n) is 4.59. The van der Waals surface area contributed by atoms with Crippen molar-refractivity contribution in [2.24, 2.45) is 0 Å². The number of halogens is 1. The molecule has 1 aliphatic heterocycles. The average Bonchev–Trinajstić information content (AvgIpc) is 2.71. The van der Waals surface area contributed by atoms with Gasteiger partial charge in [-0.25, -0.2) is 4.39 Å². The molecule has 1 amide bonds. The summed E-state index contributed by atoms with van der Waals surface area (Å²) in [6.45, 7) is 3.03. The second kappa shape index (κ2) is 8.32. The fraction of sp³-hybridized carbons (Fsp3) is 0.238. The van der Waals surface area contributed by atoms with Crippen LogP contribution in [0.15, 0.2) is 48.5 Å². The van der Waals surface area contributed by atoms with Crippen molar-refractivity contribution in [2.75, 3.05) is 30.4 Å². The van der Waals surface area contributed by atoms with E-state index in [2.05, 4.69) is 25.6 Å². The Morgan fingerprint density at radius 1 is 1.13 bits per heavy atom. The van der Waals surface area contributed by atoms with Crippen molar-refractivity contribution in [2.45, 2.75) is 13.0 Å². The first-order valence-corrected chi connectivity index (χ1v) is 9.49. The summed E-state index contributed by atoms with van der Waals surface area (Å²) in [5, 5.41) is 5.73. The van der Waals surface area contributed by atoms with Gasteiger partial charge >= 0.3 is 0 Å². The number of hydrogen-bond acceptors (Lipinski definition) is 7. The lowest BCUT2D eigenvalue weighted by Gasteiger charge is -2.39. The maximum Gasteiger partial charge on any atom is 0.251 e. The lowest BCUT2D eigenvalue weighted by Crippen LogP contribution is -2.54. The first-order chi connectivity index (χ1) is 14.5. The van der Waals surface area contributed by atoms with Gasteiger partial charge in [-0.05, 0) is 49.4 Å². The highest BCUT2D eigenvalue weighted by Crippen LogP contribution is 2.23. The van der Waals surface area contributed by atoms with Gasteiger partial charge in [-0.2, -0.15) is 15.0 Å². The first kappa shape index (κ1) is 19.6. The quantitative estimate of drug-likeness (QED) is 0.648. The van der Waals surface area contributed by atoms with Crippen molar-refractivity contribution in [3.63, 3.8) is 0 Å². The highest BCUT2D eigenvalue weighted by Gasteiger charge is 2.31. The summed E-state index contributed by atoms with van der Waals surface area (Å²) >= 11 is 0. The van der Waals surface area contributed by atoms with E-state index in [0.717, 1.165) is 0 Å². The SMILES string of the molecule is CNC(=O)c1cccc(Nc2nc(C)nc(N3CC(Oc4ccc(F)cc4)C3)n2)c1. The van der Waals surface area contributed by atoms with Crippen molar-refractivity contribution in [3.8, 4) is 5.75 Å². The molecular weight excluding hydrogens is 387 g/mol. The molecule has 0 saturated carbocycles. The Hall–Kier alpha value is -3.75. The molecule has 0 aliphatic carbocycles. The van der Waals surface area contributed by atoms with E-state index in [1.54, 1.807) is 44.3 Å². The molecule has 2 heterocycles. The maximum absolute atomic E-state index is 13.0. The van der Waals surface area contributed by atoms with Gasteiger partial charge in [0.05, 0.1) is 13.1 Å². The molecule has 30 heavy (non-hydrogen) atoms. The summed E-state index contributed by atoms with van der Waals surface area (Å²) in [6, 6.07) is 13.1. The third kappa shape index (κ3) is 4.45. The molecule has 4 rings (SSSR count). The number of benzene rings is 2. The summed E-state index contributed by atoms with van der Waals surface area (Å²) in [5.41, 5.74) is 1.24. The van der Waals surface area contributed by atoms with E-state index in [0.29, 0.717) is 47.8 Å². The minimum absolute atomic E-state index is 0.0202. The molecule has 1 saturated heterocycles. The zero-order chi connectivity index (χ0) is 21.1. The second-order valence-electron chi connectivity index (χ2n) is 6.89. The predicted octanol–water partition coefficient (Wildman–Crippen LogP) is 2.69. The van der Waals surface area contributed by atoms with Crippen LogP contribution < -0.4 is 20.3 Å². The van der Waals surface area contributed by atoms with E-state index in [1.807, 2.05) is 11.0 Å². The Bertz CT molecular complexity index is 1050. The molecular formula is C21H21FN6O2. The number of amides is 1. The molecule has 1 aliphatic rings. The lowest BCUT2D eigenvalue weighted by atomic mass is 10.2. The predicted molar refractivity (Wildman–Crippen MR) is 111 cm³/mol. The minimum Gasteiger partial charge on any atom is -0.487 e. The molecule has 0 atom stereocenters. The van der Waals surface area contributed by atoms with Crippen LogP contribution in [-0.2, 0) is 0 Å². The summed E-state index contributed by atoms with van der Waals surface area (Å²) in [7, 11) is 1.59. The summed E-state index contributed by atoms with van der Waals surface area (Å²) < 4.78 is 18.8. The van der Waals surface area contributed by atoms with Gasteiger partial charge < -0.3 is 20.3 Å². The Balaban J connectivity index is 1.42. The number of hydrogen-bond donors (Lipinski definition) is 2. The number of carbonyl (C=O) groups is 1. The van der Waals surface area contributed by atoms with E-state index in [-0.39, 0.29) is 17.8 Å². The number of ether oxygens (including phenoxy) is 1. The summed E-state index contributed by atoms with van der Waals surface area (Å²) in [4.78, 5) is 27.0. The van der Waals surface area contributed by atoms with Crippen molar-refractivity contribution in [1.82, 2.24) is 20.3 Å². The highest BCUT2D eigenvalue weighted by atomic mass is 19.1. The van der Waals surface area contributed by atoms with Crippen LogP contribution >= 0.6 is 0 Å². The monoisotopic (exact) mass is 408 g/mol. The average molecular weight is 408 g/mol. The highest BCUT2D eigenvalue weighted by molar-refractivity contribution is 5.95. The number of aryl methyl sites for hydroxylation is 1. The maximum atomic E-state index is 13.0. The molecule has 8 nitrogen and oxygen atoms in total. The molecule has 0 spiro atoms. The van der Waals surface area contributed by atoms with Gasteiger partial charge in [0.15, 0.2) is 0 Å². The van der Waals surface area contributed by atoms with E-state index >= 15 is 0 Å². The van der Waals surface area contributed by atoms with Crippen molar-refractivity contribution in [3.05, 3.63) is 65.7 Å².